The monoisotopic (exact) mass is 366 g/mol. The highest BCUT2D eigenvalue weighted by molar-refractivity contribution is 7.65. The molecule has 0 amide bonds. The van der Waals surface area contributed by atoms with Crippen LogP contribution in [0.5, 0.6) is 0 Å². The Morgan fingerprint density at radius 2 is 1.52 bits per heavy atom. The molecular weight excluding hydrogens is 326 g/mol. The lowest BCUT2D eigenvalue weighted by Crippen LogP contribution is -2.15. The minimum atomic E-state index is -0.245. The highest BCUT2D eigenvalue weighted by atomic mass is 31.1. The molecule has 0 aromatic heterocycles. The van der Waals surface area contributed by atoms with Crippen LogP contribution in [0.25, 0.3) is 0 Å². The van der Waals surface area contributed by atoms with Crippen LogP contribution in [0.15, 0.2) is 24.3 Å². The first kappa shape index (κ1) is 22.6. The molecule has 0 aliphatic rings. The van der Waals surface area contributed by atoms with E-state index in [4.69, 9.17) is 0 Å². The summed E-state index contributed by atoms with van der Waals surface area (Å²) in [7, 11) is -0.245. The van der Waals surface area contributed by atoms with Crippen molar-refractivity contribution in [1.29, 1.82) is 0 Å². The molecule has 0 saturated carbocycles. The number of rotatable bonds is 13. The van der Waals surface area contributed by atoms with Crippen molar-refractivity contribution in [2.75, 3.05) is 12.3 Å². The van der Waals surface area contributed by atoms with Gasteiger partial charge < -0.3 is 0 Å². The van der Waals surface area contributed by atoms with Gasteiger partial charge in [-0.15, -0.1) is 0 Å². The lowest BCUT2D eigenvalue weighted by molar-refractivity contribution is 0.389. The van der Waals surface area contributed by atoms with Gasteiger partial charge in [0.25, 0.3) is 0 Å². The van der Waals surface area contributed by atoms with Gasteiger partial charge in [0.1, 0.15) is 5.82 Å². The molecule has 1 rings (SSSR count). The summed E-state index contributed by atoms with van der Waals surface area (Å²) in [4.78, 5) is 0. The van der Waals surface area contributed by atoms with Gasteiger partial charge in [-0.05, 0) is 47.5 Å². The maximum Gasteiger partial charge on any atom is 0.123 e. The molecule has 0 bridgehead atoms. The van der Waals surface area contributed by atoms with E-state index in [0.29, 0.717) is 0 Å². The zero-order valence-electron chi connectivity index (χ0n) is 17.2. The molecule has 1 aromatic carbocycles. The van der Waals surface area contributed by atoms with Gasteiger partial charge in [-0.25, -0.2) is 4.39 Å². The molecule has 144 valence electrons. The number of halogens is 1. The molecule has 0 aliphatic heterocycles. The van der Waals surface area contributed by atoms with E-state index < -0.39 is 0 Å². The maximum absolute atomic E-state index is 13.7. The van der Waals surface area contributed by atoms with Crippen molar-refractivity contribution in [3.05, 3.63) is 30.1 Å². The molecule has 0 heterocycles. The molecule has 0 aliphatic carbocycles. The molecule has 0 saturated heterocycles. The first-order valence-corrected chi connectivity index (χ1v) is 12.2. The summed E-state index contributed by atoms with van der Waals surface area (Å²) < 4.78 is 13.7. The average Bonchev–Trinajstić information content (AvgIpc) is 2.58. The molecule has 0 fully saturated rings. The summed E-state index contributed by atoms with van der Waals surface area (Å²) in [5.74, 6) is 2.31. The van der Waals surface area contributed by atoms with Gasteiger partial charge in [-0.2, -0.15) is 0 Å². The van der Waals surface area contributed by atoms with Crippen LogP contribution >= 0.6 is 7.92 Å². The average molecular weight is 367 g/mol. The summed E-state index contributed by atoms with van der Waals surface area (Å²) in [5.41, 5.74) is 0. The molecule has 0 N–H and O–H groups in total. The molecule has 0 nitrogen and oxygen atoms in total. The zero-order valence-corrected chi connectivity index (χ0v) is 18.1. The van der Waals surface area contributed by atoms with Gasteiger partial charge in [-0.1, -0.05) is 99.6 Å². The summed E-state index contributed by atoms with van der Waals surface area (Å²) >= 11 is 0. The van der Waals surface area contributed by atoms with Crippen LogP contribution in [-0.2, 0) is 0 Å². The van der Waals surface area contributed by atoms with Crippen LogP contribution in [0.3, 0.4) is 0 Å². The molecule has 0 spiro atoms. The van der Waals surface area contributed by atoms with Gasteiger partial charge in [0.2, 0.25) is 0 Å². The standard InChI is InChI=1S/C23H40FP/c1-6-10-19(4)17-25(23-13-9-12-22(24)16-23)18-20(5)14-15-21(8-3)11-7-2/h9,12-13,16,19-21H,6-8,10-11,14-15,17-18H2,1-5H3. The van der Waals surface area contributed by atoms with Crippen LogP contribution in [0.2, 0.25) is 0 Å². The Labute approximate surface area is 157 Å². The van der Waals surface area contributed by atoms with Gasteiger partial charge in [-0.3, -0.25) is 0 Å². The Morgan fingerprint density at radius 1 is 0.880 bits per heavy atom. The van der Waals surface area contributed by atoms with Gasteiger partial charge in [0.05, 0.1) is 0 Å². The first-order valence-electron chi connectivity index (χ1n) is 10.5. The number of benzene rings is 1. The van der Waals surface area contributed by atoms with E-state index in [0.717, 1.165) is 17.8 Å². The van der Waals surface area contributed by atoms with E-state index in [1.807, 2.05) is 6.07 Å². The third-order valence-corrected chi connectivity index (χ3v) is 8.50. The topological polar surface area (TPSA) is 0 Å². The SMILES string of the molecule is CCCC(C)CP(CC(C)CCC(CC)CCC)c1cccc(F)c1. The first-order chi connectivity index (χ1) is 12.0. The van der Waals surface area contributed by atoms with Gasteiger partial charge in [0, 0.05) is 0 Å². The summed E-state index contributed by atoms with van der Waals surface area (Å²) in [5, 5.41) is 1.27. The van der Waals surface area contributed by atoms with Crippen molar-refractivity contribution in [1.82, 2.24) is 0 Å². The van der Waals surface area contributed by atoms with Crippen LogP contribution < -0.4 is 5.30 Å². The van der Waals surface area contributed by atoms with Crippen molar-refractivity contribution in [3.8, 4) is 0 Å². The van der Waals surface area contributed by atoms with Crippen LogP contribution in [0.1, 0.15) is 79.6 Å². The van der Waals surface area contributed by atoms with E-state index in [1.54, 1.807) is 12.1 Å². The van der Waals surface area contributed by atoms with E-state index in [-0.39, 0.29) is 13.7 Å². The van der Waals surface area contributed by atoms with E-state index >= 15 is 0 Å². The number of hydrogen-bond acceptors (Lipinski definition) is 0. The van der Waals surface area contributed by atoms with E-state index in [9.17, 15) is 4.39 Å². The van der Waals surface area contributed by atoms with E-state index in [1.165, 1.54) is 62.6 Å². The fourth-order valence-electron chi connectivity index (χ4n) is 3.87. The minimum absolute atomic E-state index is 0.0743. The third kappa shape index (κ3) is 9.18. The van der Waals surface area contributed by atoms with Crippen molar-refractivity contribution < 1.29 is 4.39 Å². The predicted octanol–water partition coefficient (Wildman–Crippen LogP) is 7.61. The molecule has 0 radical (unpaired) electrons. The highest BCUT2D eigenvalue weighted by Gasteiger charge is 2.19. The summed E-state index contributed by atoms with van der Waals surface area (Å²) in [6.07, 6.45) is 11.7. The van der Waals surface area contributed by atoms with Crippen LogP contribution in [0.4, 0.5) is 4.39 Å². The Balaban J connectivity index is 2.68. The molecule has 1 aromatic rings. The van der Waals surface area contributed by atoms with Crippen LogP contribution in [-0.4, -0.2) is 12.3 Å². The highest BCUT2D eigenvalue weighted by Crippen LogP contribution is 2.41. The summed E-state index contributed by atoms with van der Waals surface area (Å²) in [6, 6.07) is 7.42. The van der Waals surface area contributed by atoms with Gasteiger partial charge >= 0.3 is 0 Å². The minimum Gasteiger partial charge on any atom is -0.207 e. The maximum atomic E-state index is 13.7. The summed E-state index contributed by atoms with van der Waals surface area (Å²) in [6.45, 7) is 11.7. The van der Waals surface area contributed by atoms with Crippen molar-refractivity contribution in [2.45, 2.75) is 79.6 Å². The number of hydrogen-bond donors (Lipinski definition) is 0. The van der Waals surface area contributed by atoms with E-state index in [2.05, 4.69) is 40.7 Å². The fraction of sp³-hybridized carbons (Fsp3) is 0.739. The Bertz CT molecular complexity index is 459. The Hall–Kier alpha value is -0.420. The van der Waals surface area contributed by atoms with Crippen molar-refractivity contribution in [3.63, 3.8) is 0 Å². The zero-order chi connectivity index (χ0) is 18.7. The Morgan fingerprint density at radius 3 is 2.08 bits per heavy atom. The quantitative estimate of drug-likeness (QED) is 0.315. The molecule has 25 heavy (non-hydrogen) atoms. The fourth-order valence-corrected chi connectivity index (χ4v) is 6.91. The smallest absolute Gasteiger partial charge is 0.123 e. The second-order valence-corrected chi connectivity index (χ2v) is 10.4. The lowest BCUT2D eigenvalue weighted by atomic mass is 9.92. The Kier molecular flexibility index (Phi) is 11.6. The van der Waals surface area contributed by atoms with Gasteiger partial charge in [0.15, 0.2) is 0 Å². The molecule has 4 atom stereocenters. The molecule has 4 unspecified atom stereocenters. The second kappa shape index (κ2) is 12.9. The van der Waals surface area contributed by atoms with Crippen LogP contribution in [0, 0.1) is 23.6 Å². The molecule has 2 heteroatoms. The second-order valence-electron chi connectivity index (χ2n) is 8.02. The van der Waals surface area contributed by atoms with Crippen molar-refractivity contribution in [2.24, 2.45) is 17.8 Å². The lowest BCUT2D eigenvalue weighted by Gasteiger charge is -2.26. The molecular formula is C23H40FP. The third-order valence-electron chi connectivity index (χ3n) is 5.36. The largest absolute Gasteiger partial charge is 0.207 e. The predicted molar refractivity (Wildman–Crippen MR) is 114 cm³/mol. The normalized spacial score (nSPS) is 16.4. The van der Waals surface area contributed by atoms with Crippen molar-refractivity contribution >= 4 is 13.2 Å².